The summed E-state index contributed by atoms with van der Waals surface area (Å²) in [4.78, 5) is 11.8. The van der Waals surface area contributed by atoms with Gasteiger partial charge in [0.25, 0.3) is 0 Å². The molecule has 7 heteroatoms. The van der Waals surface area contributed by atoms with E-state index in [0.29, 0.717) is 11.1 Å². The van der Waals surface area contributed by atoms with Crippen molar-refractivity contribution in [1.82, 2.24) is 0 Å². The minimum Gasteiger partial charge on any atom is -0.482 e. The third-order valence-electron chi connectivity index (χ3n) is 5.14. The van der Waals surface area contributed by atoms with Crippen LogP contribution < -0.4 is 14.2 Å². The number of benzene rings is 4. The summed E-state index contributed by atoms with van der Waals surface area (Å²) in [6.07, 6.45) is 0. The van der Waals surface area contributed by atoms with Gasteiger partial charge in [-0.3, -0.25) is 0 Å². The fourth-order valence-electron chi connectivity index (χ4n) is 3.39. The highest BCUT2D eigenvalue weighted by Crippen LogP contribution is 2.45. The Morgan fingerprint density at radius 1 is 0.571 bits per heavy atom. The summed E-state index contributed by atoms with van der Waals surface area (Å²) in [5.41, 5.74) is 0.963. The Labute approximate surface area is 201 Å². The lowest BCUT2D eigenvalue weighted by Gasteiger charge is -2.20. The summed E-state index contributed by atoms with van der Waals surface area (Å²) < 4.78 is 47.8. The first-order chi connectivity index (χ1) is 17.0. The quantitative estimate of drug-likeness (QED) is 0.287. The second-order valence-electron chi connectivity index (χ2n) is 7.62. The molecule has 0 saturated heterocycles. The molecular weight excluding hydrogens is 454 g/mol. The van der Waals surface area contributed by atoms with Crippen molar-refractivity contribution in [2.45, 2.75) is 19.8 Å². The maximum atomic E-state index is 15.3. The summed E-state index contributed by atoms with van der Waals surface area (Å²) in [5.74, 6) is -5.95. The molecule has 0 aliphatic rings. The second-order valence-corrected chi connectivity index (χ2v) is 7.62. The van der Waals surface area contributed by atoms with Crippen LogP contribution in [0.5, 0.6) is 17.2 Å². The first-order valence-electron chi connectivity index (χ1n) is 10.8. The topological polar surface area (TPSA) is 65.0 Å². The van der Waals surface area contributed by atoms with E-state index in [4.69, 9.17) is 14.2 Å². The Balaban J connectivity index is 1.76. The van der Waals surface area contributed by atoms with E-state index in [1.54, 1.807) is 72.8 Å². The number of hydrogen-bond acceptors (Lipinski definition) is 4. The molecule has 0 atom stereocenters. The van der Waals surface area contributed by atoms with Gasteiger partial charge >= 0.3 is 5.97 Å². The molecule has 178 valence electrons. The molecule has 0 aromatic heterocycles. The molecule has 35 heavy (non-hydrogen) atoms. The third-order valence-corrected chi connectivity index (χ3v) is 5.14. The molecule has 0 bridgehead atoms. The third kappa shape index (κ3) is 5.76. The molecule has 0 radical (unpaired) electrons. The highest BCUT2D eigenvalue weighted by atomic mass is 19.1. The Morgan fingerprint density at radius 2 is 0.886 bits per heavy atom. The molecule has 4 aromatic rings. The van der Waals surface area contributed by atoms with Crippen molar-refractivity contribution in [2.75, 3.05) is 0 Å². The van der Waals surface area contributed by atoms with Crippen LogP contribution in [0.3, 0.4) is 0 Å². The number of carboxylic acid groups (broad SMARTS) is 1. The standard InChI is InChI=1S/C28H22F2O5/c29-23-22(28(31)32)24(30)26(34-17-20-12-6-2-7-13-20)27(35-18-21-14-8-3-9-15-21)25(23)33-16-19-10-4-1-5-11-19/h1-15H,16-18H2,(H,31,32). The number of carboxylic acids is 1. The van der Waals surface area contributed by atoms with E-state index in [1.807, 2.05) is 18.2 Å². The number of hydrogen-bond donors (Lipinski definition) is 1. The van der Waals surface area contributed by atoms with Crippen molar-refractivity contribution in [3.05, 3.63) is 125 Å². The lowest BCUT2D eigenvalue weighted by molar-refractivity contribution is 0.0682. The minimum absolute atomic E-state index is 0.0461. The number of carbonyl (C=O) groups is 1. The smallest absolute Gasteiger partial charge is 0.342 e. The van der Waals surface area contributed by atoms with Crippen LogP contribution in [0.1, 0.15) is 27.0 Å². The molecule has 0 unspecified atom stereocenters. The van der Waals surface area contributed by atoms with Crippen molar-refractivity contribution in [2.24, 2.45) is 0 Å². The number of ether oxygens (including phenoxy) is 3. The first-order valence-corrected chi connectivity index (χ1v) is 10.8. The van der Waals surface area contributed by atoms with Gasteiger partial charge in [-0.25, -0.2) is 13.6 Å². The zero-order valence-electron chi connectivity index (χ0n) is 18.6. The van der Waals surface area contributed by atoms with E-state index >= 15 is 8.78 Å². The van der Waals surface area contributed by atoms with Crippen molar-refractivity contribution >= 4 is 5.97 Å². The van der Waals surface area contributed by atoms with Crippen LogP contribution in [0.2, 0.25) is 0 Å². The van der Waals surface area contributed by atoms with Crippen LogP contribution in [0.15, 0.2) is 91.0 Å². The molecule has 0 spiro atoms. The Kier molecular flexibility index (Phi) is 7.57. The van der Waals surface area contributed by atoms with Crippen molar-refractivity contribution in [3.8, 4) is 17.2 Å². The van der Waals surface area contributed by atoms with E-state index in [1.165, 1.54) is 0 Å². The normalized spacial score (nSPS) is 10.6. The molecule has 0 aliphatic carbocycles. The van der Waals surface area contributed by atoms with Crippen LogP contribution in [0.4, 0.5) is 8.78 Å². The fourth-order valence-corrected chi connectivity index (χ4v) is 3.39. The van der Waals surface area contributed by atoms with Crippen molar-refractivity contribution in [1.29, 1.82) is 0 Å². The van der Waals surface area contributed by atoms with E-state index in [0.717, 1.165) is 5.56 Å². The van der Waals surface area contributed by atoms with Crippen LogP contribution in [0, 0.1) is 11.6 Å². The van der Waals surface area contributed by atoms with Crippen LogP contribution >= 0.6 is 0 Å². The van der Waals surface area contributed by atoms with Gasteiger partial charge in [0, 0.05) is 0 Å². The molecule has 1 N–H and O–H groups in total. The summed E-state index contributed by atoms with van der Waals surface area (Å²) in [6, 6.07) is 26.8. The molecule has 5 nitrogen and oxygen atoms in total. The van der Waals surface area contributed by atoms with E-state index in [-0.39, 0.29) is 25.6 Å². The molecule has 4 aromatic carbocycles. The molecule has 4 rings (SSSR count). The van der Waals surface area contributed by atoms with E-state index < -0.39 is 34.7 Å². The molecule has 0 aliphatic heterocycles. The summed E-state index contributed by atoms with van der Waals surface area (Å²) in [7, 11) is 0. The van der Waals surface area contributed by atoms with Gasteiger partial charge in [0.15, 0.2) is 11.6 Å². The predicted molar refractivity (Wildman–Crippen MR) is 126 cm³/mol. The summed E-state index contributed by atoms with van der Waals surface area (Å²) >= 11 is 0. The fraction of sp³-hybridized carbons (Fsp3) is 0.107. The minimum atomic E-state index is -1.79. The van der Waals surface area contributed by atoms with Crippen molar-refractivity contribution in [3.63, 3.8) is 0 Å². The lowest BCUT2D eigenvalue weighted by Crippen LogP contribution is -2.13. The lowest BCUT2D eigenvalue weighted by atomic mass is 10.1. The zero-order valence-corrected chi connectivity index (χ0v) is 18.6. The van der Waals surface area contributed by atoms with Gasteiger partial charge in [0.1, 0.15) is 25.4 Å². The Morgan fingerprint density at radius 3 is 1.20 bits per heavy atom. The van der Waals surface area contributed by atoms with E-state index in [9.17, 15) is 9.90 Å². The average Bonchev–Trinajstić information content (AvgIpc) is 2.88. The average molecular weight is 476 g/mol. The van der Waals surface area contributed by atoms with Gasteiger partial charge in [-0.2, -0.15) is 0 Å². The highest BCUT2D eigenvalue weighted by molar-refractivity contribution is 5.90. The molecule has 0 amide bonds. The van der Waals surface area contributed by atoms with Gasteiger partial charge < -0.3 is 19.3 Å². The number of halogens is 2. The molecule has 0 fully saturated rings. The summed E-state index contributed by atoms with van der Waals surface area (Å²) in [5, 5.41) is 9.53. The van der Waals surface area contributed by atoms with Gasteiger partial charge in [0.2, 0.25) is 17.2 Å². The molecule has 0 heterocycles. The molecule has 0 saturated carbocycles. The van der Waals surface area contributed by atoms with Gasteiger partial charge in [-0.05, 0) is 16.7 Å². The predicted octanol–water partition coefficient (Wildman–Crippen LogP) is 6.40. The second kappa shape index (κ2) is 11.2. The maximum absolute atomic E-state index is 15.3. The van der Waals surface area contributed by atoms with Crippen LogP contribution in [-0.4, -0.2) is 11.1 Å². The first kappa shape index (κ1) is 23.8. The SMILES string of the molecule is O=C(O)c1c(F)c(OCc2ccccc2)c(OCc2ccccc2)c(OCc2ccccc2)c1F. The Bertz CT molecular complexity index is 1210. The van der Waals surface area contributed by atoms with Crippen LogP contribution in [0.25, 0.3) is 0 Å². The zero-order chi connectivity index (χ0) is 24.6. The molecular formula is C28H22F2O5. The van der Waals surface area contributed by atoms with Crippen molar-refractivity contribution < 1.29 is 32.9 Å². The van der Waals surface area contributed by atoms with Crippen LogP contribution in [-0.2, 0) is 19.8 Å². The largest absolute Gasteiger partial charge is 0.482 e. The number of aromatic carboxylic acids is 1. The Hall–Kier alpha value is -4.39. The summed E-state index contributed by atoms with van der Waals surface area (Å²) in [6.45, 7) is -0.236. The van der Waals surface area contributed by atoms with Gasteiger partial charge in [0.05, 0.1) is 0 Å². The van der Waals surface area contributed by atoms with E-state index in [2.05, 4.69) is 0 Å². The number of rotatable bonds is 10. The van der Waals surface area contributed by atoms with Gasteiger partial charge in [-0.1, -0.05) is 91.0 Å². The highest BCUT2D eigenvalue weighted by Gasteiger charge is 2.32. The monoisotopic (exact) mass is 476 g/mol. The maximum Gasteiger partial charge on any atom is 0.342 e. The van der Waals surface area contributed by atoms with Gasteiger partial charge in [-0.15, -0.1) is 0 Å².